The second kappa shape index (κ2) is 5.71. The van der Waals surface area contributed by atoms with Gasteiger partial charge in [-0.1, -0.05) is 6.07 Å². The molecule has 1 aromatic carbocycles. The number of benzene rings is 1. The Hall–Kier alpha value is -1.11. The average molecular weight is 342 g/mol. The van der Waals surface area contributed by atoms with Crippen LogP contribution in [0.4, 0.5) is 5.69 Å². The van der Waals surface area contributed by atoms with Crippen molar-refractivity contribution in [3.8, 4) is 0 Å². The third-order valence-corrected chi connectivity index (χ3v) is 3.95. The zero-order chi connectivity index (χ0) is 14.9. The molecule has 1 aliphatic heterocycles. The average Bonchev–Trinajstić information content (AvgIpc) is 2.36. The Balaban J connectivity index is 2.40. The summed E-state index contributed by atoms with van der Waals surface area (Å²) in [5, 5.41) is 17.2. The van der Waals surface area contributed by atoms with Crippen molar-refractivity contribution in [1.82, 2.24) is 0 Å². The van der Waals surface area contributed by atoms with Gasteiger partial charge in [-0.15, -0.1) is 0 Å². The van der Waals surface area contributed by atoms with Gasteiger partial charge in [-0.05, 0) is 41.9 Å². The third-order valence-electron chi connectivity index (χ3n) is 3.29. The molecule has 0 aromatic heterocycles. The van der Waals surface area contributed by atoms with Gasteiger partial charge in [0.1, 0.15) is 5.84 Å². The van der Waals surface area contributed by atoms with Crippen LogP contribution in [0.25, 0.3) is 0 Å². The molecule has 5 nitrogen and oxygen atoms in total. The van der Waals surface area contributed by atoms with Crippen LogP contribution in [0, 0.1) is 5.41 Å². The van der Waals surface area contributed by atoms with Crippen LogP contribution in [-0.2, 0) is 4.74 Å². The van der Waals surface area contributed by atoms with Crippen LogP contribution < -0.4 is 10.6 Å². The minimum absolute atomic E-state index is 0.0245. The lowest BCUT2D eigenvalue weighted by atomic mass is 10.0. The van der Waals surface area contributed by atoms with Gasteiger partial charge < -0.3 is 20.5 Å². The van der Waals surface area contributed by atoms with Gasteiger partial charge in [-0.2, -0.15) is 0 Å². The van der Waals surface area contributed by atoms with Gasteiger partial charge >= 0.3 is 0 Å². The number of aliphatic hydroxyl groups excluding tert-OH is 1. The molecule has 6 heteroatoms. The topological polar surface area (TPSA) is 82.6 Å². The first kappa shape index (κ1) is 15.3. The first-order valence-electron chi connectivity index (χ1n) is 6.50. The van der Waals surface area contributed by atoms with Crippen LogP contribution in [0.2, 0.25) is 0 Å². The zero-order valence-electron chi connectivity index (χ0n) is 11.7. The quantitative estimate of drug-likeness (QED) is 0.577. The molecule has 0 radical (unpaired) electrons. The summed E-state index contributed by atoms with van der Waals surface area (Å²) in [5.41, 5.74) is 6.92. The standard InChI is InChI=1S/C14H20BrN3O2/c1-14(2)8-18(6-9(7-19)20-14)11-5-3-4-10(15)12(11)13(16)17/h3-5,9,19H,6-8H2,1-2H3,(H3,16,17). The number of morpholine rings is 1. The van der Waals surface area contributed by atoms with Crippen molar-refractivity contribution in [3.05, 3.63) is 28.2 Å². The number of hydrogen-bond acceptors (Lipinski definition) is 4. The Bertz CT molecular complexity index is 519. The van der Waals surface area contributed by atoms with Crippen molar-refractivity contribution >= 4 is 27.5 Å². The Kier molecular flexibility index (Phi) is 4.36. The molecule has 1 aromatic rings. The summed E-state index contributed by atoms with van der Waals surface area (Å²) in [6, 6.07) is 5.73. The van der Waals surface area contributed by atoms with Crippen molar-refractivity contribution < 1.29 is 9.84 Å². The summed E-state index contributed by atoms with van der Waals surface area (Å²) in [6.07, 6.45) is -0.238. The van der Waals surface area contributed by atoms with E-state index in [9.17, 15) is 5.11 Å². The molecule has 1 atom stereocenters. The normalized spacial score (nSPS) is 21.8. The second-order valence-electron chi connectivity index (χ2n) is 5.61. The first-order valence-corrected chi connectivity index (χ1v) is 7.30. The fourth-order valence-corrected chi connectivity index (χ4v) is 3.19. The lowest BCUT2D eigenvalue weighted by Crippen LogP contribution is -2.54. The van der Waals surface area contributed by atoms with Crippen molar-refractivity contribution in [2.45, 2.75) is 25.6 Å². The molecular weight excluding hydrogens is 322 g/mol. The summed E-state index contributed by atoms with van der Waals surface area (Å²) >= 11 is 3.45. The van der Waals surface area contributed by atoms with E-state index in [4.69, 9.17) is 15.9 Å². The number of anilines is 1. The van der Waals surface area contributed by atoms with E-state index in [1.165, 1.54) is 0 Å². The molecule has 0 spiro atoms. The van der Waals surface area contributed by atoms with Crippen molar-refractivity contribution in [2.24, 2.45) is 5.73 Å². The van der Waals surface area contributed by atoms with Crippen LogP contribution in [0.1, 0.15) is 19.4 Å². The summed E-state index contributed by atoms with van der Waals surface area (Å²) in [7, 11) is 0. The van der Waals surface area contributed by atoms with Gasteiger partial charge in [0.25, 0.3) is 0 Å². The molecule has 0 bridgehead atoms. The molecule has 4 N–H and O–H groups in total. The van der Waals surface area contributed by atoms with E-state index in [0.717, 1.165) is 10.2 Å². The summed E-state index contributed by atoms with van der Waals surface area (Å²) in [6.45, 7) is 5.22. The van der Waals surface area contributed by atoms with E-state index in [1.807, 2.05) is 32.0 Å². The van der Waals surface area contributed by atoms with Gasteiger partial charge in [-0.3, -0.25) is 5.41 Å². The maximum atomic E-state index is 9.39. The van der Waals surface area contributed by atoms with Crippen molar-refractivity contribution in [3.63, 3.8) is 0 Å². The number of nitrogens with one attached hydrogen (secondary N) is 1. The minimum atomic E-state index is -0.359. The van der Waals surface area contributed by atoms with E-state index in [0.29, 0.717) is 18.7 Å². The molecule has 110 valence electrons. The van der Waals surface area contributed by atoms with Crippen molar-refractivity contribution in [2.75, 3.05) is 24.6 Å². The highest BCUT2D eigenvalue weighted by molar-refractivity contribution is 9.10. The Labute approximate surface area is 127 Å². The van der Waals surface area contributed by atoms with E-state index in [1.54, 1.807) is 0 Å². The van der Waals surface area contributed by atoms with E-state index < -0.39 is 0 Å². The number of amidine groups is 1. The van der Waals surface area contributed by atoms with Crippen LogP contribution in [0.15, 0.2) is 22.7 Å². The predicted octanol–water partition coefficient (Wildman–Crippen LogP) is 1.71. The van der Waals surface area contributed by atoms with Crippen LogP contribution in [-0.4, -0.2) is 42.3 Å². The molecule has 20 heavy (non-hydrogen) atoms. The lowest BCUT2D eigenvalue weighted by Gasteiger charge is -2.44. The lowest BCUT2D eigenvalue weighted by molar-refractivity contribution is -0.101. The molecule has 1 unspecified atom stereocenters. The van der Waals surface area contributed by atoms with Gasteiger partial charge in [-0.25, -0.2) is 0 Å². The maximum absolute atomic E-state index is 9.39. The highest BCUT2D eigenvalue weighted by Crippen LogP contribution is 2.31. The van der Waals surface area contributed by atoms with Gasteiger partial charge in [0.2, 0.25) is 0 Å². The molecular formula is C14H20BrN3O2. The minimum Gasteiger partial charge on any atom is -0.394 e. The third kappa shape index (κ3) is 3.13. The number of hydrogen-bond donors (Lipinski definition) is 3. The molecule has 0 saturated carbocycles. The van der Waals surface area contributed by atoms with Gasteiger partial charge in [0, 0.05) is 23.2 Å². The zero-order valence-corrected chi connectivity index (χ0v) is 13.3. The maximum Gasteiger partial charge on any atom is 0.126 e. The summed E-state index contributed by atoms with van der Waals surface area (Å²) in [4.78, 5) is 2.12. The molecule has 1 aliphatic rings. The number of nitrogen functional groups attached to an aromatic ring is 1. The molecule has 1 heterocycles. The number of aliphatic hydroxyl groups is 1. The largest absolute Gasteiger partial charge is 0.394 e. The summed E-state index contributed by atoms with van der Waals surface area (Å²) < 4.78 is 6.62. The van der Waals surface area contributed by atoms with Gasteiger partial charge in [0.05, 0.1) is 23.9 Å². The van der Waals surface area contributed by atoms with Crippen molar-refractivity contribution in [1.29, 1.82) is 5.41 Å². The first-order chi connectivity index (χ1) is 9.34. The molecule has 0 amide bonds. The Morgan fingerprint density at radius 1 is 1.60 bits per heavy atom. The fourth-order valence-electron chi connectivity index (χ4n) is 2.62. The van der Waals surface area contributed by atoms with E-state index in [-0.39, 0.29) is 24.1 Å². The number of nitrogens with zero attached hydrogens (tertiary/aromatic N) is 1. The molecule has 2 rings (SSSR count). The van der Waals surface area contributed by atoms with Gasteiger partial charge in [0.15, 0.2) is 0 Å². The fraction of sp³-hybridized carbons (Fsp3) is 0.500. The second-order valence-corrected chi connectivity index (χ2v) is 6.46. The number of nitrogens with two attached hydrogens (primary N) is 1. The SMILES string of the molecule is CC1(C)CN(c2cccc(Br)c2C(=N)N)CC(CO)O1. The predicted molar refractivity (Wildman–Crippen MR) is 83.4 cm³/mol. The number of rotatable bonds is 3. The monoisotopic (exact) mass is 341 g/mol. The molecule has 1 fully saturated rings. The number of ether oxygens (including phenoxy) is 1. The summed E-state index contributed by atoms with van der Waals surface area (Å²) in [5.74, 6) is 0.0253. The number of halogens is 1. The smallest absolute Gasteiger partial charge is 0.126 e. The van der Waals surface area contributed by atoms with E-state index >= 15 is 0 Å². The van der Waals surface area contributed by atoms with Crippen LogP contribution in [0.3, 0.4) is 0 Å². The van der Waals surface area contributed by atoms with E-state index in [2.05, 4.69) is 20.8 Å². The van der Waals surface area contributed by atoms with Crippen LogP contribution in [0.5, 0.6) is 0 Å². The molecule has 0 aliphatic carbocycles. The Morgan fingerprint density at radius 3 is 2.90 bits per heavy atom. The van der Waals surface area contributed by atoms with Crippen LogP contribution >= 0.6 is 15.9 Å². The highest BCUT2D eigenvalue weighted by atomic mass is 79.9. The Morgan fingerprint density at radius 2 is 2.30 bits per heavy atom. The molecule has 1 saturated heterocycles. The highest BCUT2D eigenvalue weighted by Gasteiger charge is 2.34.